The Kier molecular flexibility index (Phi) is 4.55. The molecule has 1 aliphatic heterocycles. The molecule has 3 aromatic rings. The zero-order valence-corrected chi connectivity index (χ0v) is 15.0. The lowest BCUT2D eigenvalue weighted by atomic mass is 10.1. The van der Waals surface area contributed by atoms with Gasteiger partial charge in [-0.3, -0.25) is 14.9 Å². The van der Waals surface area contributed by atoms with E-state index in [-0.39, 0.29) is 5.71 Å². The van der Waals surface area contributed by atoms with Crippen molar-refractivity contribution >= 4 is 45.6 Å². The van der Waals surface area contributed by atoms with Gasteiger partial charge >= 0.3 is 12.0 Å². The maximum Gasteiger partial charge on any atom is 0.437 e. The summed E-state index contributed by atoms with van der Waals surface area (Å²) in [4.78, 5) is 29.6. The predicted octanol–water partition coefficient (Wildman–Crippen LogP) is 4.17. The Morgan fingerprint density at radius 1 is 1.00 bits per heavy atom. The van der Waals surface area contributed by atoms with Crippen molar-refractivity contribution in [1.82, 2.24) is 0 Å². The highest BCUT2D eigenvalue weighted by molar-refractivity contribution is 6.71. The molecule has 0 saturated carbocycles. The van der Waals surface area contributed by atoms with E-state index >= 15 is 0 Å². The Morgan fingerprint density at radius 3 is 2.54 bits per heavy atom. The monoisotopic (exact) mass is 372 g/mol. The van der Waals surface area contributed by atoms with Crippen LogP contribution in [0.2, 0.25) is 0 Å². The normalized spacial score (nSPS) is 15.0. The molecule has 3 aromatic carbocycles. The first kappa shape index (κ1) is 17.4. The quantitative estimate of drug-likeness (QED) is 0.553. The average molecular weight is 372 g/mol. The number of nitrogens with one attached hydrogen (secondary N) is 1. The molecule has 4 rings (SSSR count). The molecule has 7 heteroatoms. The fraction of sp³-hybridized carbons (Fsp3) is 0.0476. The molecule has 1 N–H and O–H groups in total. The predicted molar refractivity (Wildman–Crippen MR) is 109 cm³/mol. The number of hydrogen-bond acceptors (Lipinski definition) is 5. The lowest BCUT2D eigenvalue weighted by Gasteiger charge is -2.10. The number of nitrogens with zero attached hydrogens (tertiary/aromatic N) is 3. The Hall–Kier alpha value is -4.00. The highest BCUT2D eigenvalue weighted by Gasteiger charge is 2.31. The van der Waals surface area contributed by atoms with E-state index in [0.29, 0.717) is 17.1 Å². The van der Waals surface area contributed by atoms with Crippen LogP contribution in [-0.2, 0) is 9.63 Å². The minimum absolute atomic E-state index is 0.0167. The van der Waals surface area contributed by atoms with E-state index in [0.717, 1.165) is 10.8 Å². The number of hydrazone groups is 1. The largest absolute Gasteiger partial charge is 0.437 e. The first-order valence-corrected chi connectivity index (χ1v) is 8.62. The summed E-state index contributed by atoms with van der Waals surface area (Å²) < 4.78 is 0. The molecular formula is C21H16N4O3. The lowest BCUT2D eigenvalue weighted by molar-refractivity contribution is -0.112. The van der Waals surface area contributed by atoms with Crippen molar-refractivity contribution in [3.8, 4) is 0 Å². The molecule has 0 fully saturated rings. The standard InChI is InChI=1S/C21H16N4O3/c1-14-19(20(26)25(23-14)16-10-3-2-4-11-16)24-28-21(27)22-18-13-7-9-15-8-5-6-12-17(15)18/h2-13H,1H3,(H,22,27)/b24-19-. The van der Waals surface area contributed by atoms with Crippen LogP contribution >= 0.6 is 0 Å². The maximum absolute atomic E-state index is 12.5. The third-order valence-electron chi connectivity index (χ3n) is 4.23. The average Bonchev–Trinajstić information content (AvgIpc) is 3.01. The number of rotatable bonds is 3. The summed E-state index contributed by atoms with van der Waals surface area (Å²) in [6.45, 7) is 1.63. The topological polar surface area (TPSA) is 83.4 Å². The fourth-order valence-corrected chi connectivity index (χ4v) is 2.90. The van der Waals surface area contributed by atoms with Crippen LogP contribution < -0.4 is 10.3 Å². The number of oxime groups is 1. The Balaban J connectivity index is 1.49. The number of carbonyl (C=O) groups excluding carboxylic acids is 2. The number of fused-ring (bicyclic) bond motifs is 1. The van der Waals surface area contributed by atoms with Gasteiger partial charge in [-0.15, -0.1) is 0 Å². The van der Waals surface area contributed by atoms with Crippen molar-refractivity contribution in [3.05, 3.63) is 72.8 Å². The molecule has 0 spiro atoms. The minimum atomic E-state index is -0.789. The molecule has 7 nitrogen and oxygen atoms in total. The van der Waals surface area contributed by atoms with Crippen LogP contribution in [0.3, 0.4) is 0 Å². The van der Waals surface area contributed by atoms with Gasteiger partial charge in [-0.05, 0) is 30.5 Å². The first-order valence-electron chi connectivity index (χ1n) is 8.62. The zero-order valence-electron chi connectivity index (χ0n) is 15.0. The number of hydrogen-bond donors (Lipinski definition) is 1. The van der Waals surface area contributed by atoms with E-state index < -0.39 is 12.0 Å². The molecule has 2 amide bonds. The molecule has 0 aliphatic carbocycles. The summed E-state index contributed by atoms with van der Waals surface area (Å²) in [5.41, 5.74) is 1.55. The van der Waals surface area contributed by atoms with E-state index in [4.69, 9.17) is 4.84 Å². The lowest BCUT2D eigenvalue weighted by Crippen LogP contribution is -2.27. The van der Waals surface area contributed by atoms with Crippen molar-refractivity contribution in [1.29, 1.82) is 0 Å². The Morgan fingerprint density at radius 2 is 1.71 bits per heavy atom. The summed E-state index contributed by atoms with van der Waals surface area (Å²) in [7, 11) is 0. The van der Waals surface area contributed by atoms with Crippen molar-refractivity contribution in [3.63, 3.8) is 0 Å². The Labute approximate surface area is 160 Å². The summed E-state index contributed by atoms with van der Waals surface area (Å²) in [6, 6.07) is 22.1. The number of amides is 2. The third-order valence-corrected chi connectivity index (χ3v) is 4.23. The summed E-state index contributed by atoms with van der Waals surface area (Å²) in [6.07, 6.45) is -0.789. The van der Waals surface area contributed by atoms with Crippen molar-refractivity contribution < 1.29 is 14.4 Å². The van der Waals surface area contributed by atoms with Gasteiger partial charge in [0.1, 0.15) is 0 Å². The van der Waals surface area contributed by atoms with Gasteiger partial charge < -0.3 is 0 Å². The van der Waals surface area contributed by atoms with E-state index in [1.54, 1.807) is 37.3 Å². The molecule has 0 bridgehead atoms. The first-order chi connectivity index (χ1) is 13.6. The van der Waals surface area contributed by atoms with Crippen LogP contribution in [-0.4, -0.2) is 23.4 Å². The number of anilines is 2. The van der Waals surface area contributed by atoms with Gasteiger partial charge in [-0.1, -0.05) is 59.8 Å². The van der Waals surface area contributed by atoms with E-state index in [1.807, 2.05) is 42.5 Å². The summed E-state index contributed by atoms with van der Waals surface area (Å²) in [5.74, 6) is -0.457. The third kappa shape index (κ3) is 3.33. The van der Waals surface area contributed by atoms with Crippen molar-refractivity contribution in [2.45, 2.75) is 6.92 Å². The maximum atomic E-state index is 12.5. The molecule has 0 atom stereocenters. The molecule has 0 unspecified atom stereocenters. The molecule has 28 heavy (non-hydrogen) atoms. The Bertz CT molecular complexity index is 1120. The second kappa shape index (κ2) is 7.32. The van der Waals surface area contributed by atoms with Gasteiger partial charge in [-0.2, -0.15) is 10.1 Å². The smallest absolute Gasteiger partial charge is 0.297 e. The van der Waals surface area contributed by atoms with Crippen LogP contribution in [0, 0.1) is 0 Å². The van der Waals surface area contributed by atoms with Crippen LogP contribution in [0.5, 0.6) is 0 Å². The van der Waals surface area contributed by atoms with Gasteiger partial charge in [0.15, 0.2) is 5.71 Å². The van der Waals surface area contributed by atoms with Crippen molar-refractivity contribution in [2.75, 3.05) is 10.3 Å². The molecule has 0 saturated heterocycles. The number of carbonyl (C=O) groups is 2. The summed E-state index contributed by atoms with van der Waals surface area (Å²) in [5, 5.41) is 13.6. The molecule has 138 valence electrons. The molecular weight excluding hydrogens is 356 g/mol. The molecule has 0 radical (unpaired) electrons. The zero-order chi connectivity index (χ0) is 19.5. The molecule has 1 aliphatic rings. The number of benzene rings is 3. The van der Waals surface area contributed by atoms with Gasteiger partial charge in [0, 0.05) is 5.39 Å². The van der Waals surface area contributed by atoms with Crippen LogP contribution in [0.4, 0.5) is 16.2 Å². The van der Waals surface area contributed by atoms with Gasteiger partial charge in [0.05, 0.1) is 17.1 Å². The highest BCUT2D eigenvalue weighted by Crippen LogP contribution is 2.23. The highest BCUT2D eigenvalue weighted by atomic mass is 16.7. The van der Waals surface area contributed by atoms with Gasteiger partial charge in [0.25, 0.3) is 0 Å². The fourth-order valence-electron chi connectivity index (χ4n) is 2.90. The SMILES string of the molecule is CC1=NN(c2ccccc2)C(=O)/C1=N\OC(=O)Nc1cccc2ccccc12. The van der Waals surface area contributed by atoms with Gasteiger partial charge in [-0.25, -0.2) is 4.79 Å². The van der Waals surface area contributed by atoms with E-state index in [1.165, 1.54) is 5.01 Å². The molecule has 1 heterocycles. The van der Waals surface area contributed by atoms with E-state index in [9.17, 15) is 9.59 Å². The minimum Gasteiger partial charge on any atom is -0.297 e. The van der Waals surface area contributed by atoms with Crippen LogP contribution in [0.1, 0.15) is 6.92 Å². The van der Waals surface area contributed by atoms with Gasteiger partial charge in [0.2, 0.25) is 0 Å². The van der Waals surface area contributed by atoms with Crippen LogP contribution in [0.25, 0.3) is 10.8 Å². The number of para-hydroxylation sites is 1. The van der Waals surface area contributed by atoms with Crippen LogP contribution in [0.15, 0.2) is 83.1 Å². The molecule has 0 aromatic heterocycles. The van der Waals surface area contributed by atoms with E-state index in [2.05, 4.69) is 15.6 Å². The summed E-state index contributed by atoms with van der Waals surface area (Å²) >= 11 is 0. The second-order valence-corrected chi connectivity index (χ2v) is 6.11. The second-order valence-electron chi connectivity index (χ2n) is 6.11. The van der Waals surface area contributed by atoms with Crippen molar-refractivity contribution in [2.24, 2.45) is 10.3 Å².